The Kier molecular flexibility index (Phi) is 5.68. The summed E-state index contributed by atoms with van der Waals surface area (Å²) in [6, 6.07) is 14.6. The molecule has 1 aliphatic rings. The Bertz CT molecular complexity index is 1260. The maximum atomic E-state index is 5.55. The number of fused-ring (bicyclic) bond motifs is 2. The summed E-state index contributed by atoms with van der Waals surface area (Å²) in [7, 11) is 5.02. The van der Waals surface area contributed by atoms with E-state index in [0.29, 0.717) is 12.4 Å². The summed E-state index contributed by atoms with van der Waals surface area (Å²) in [6.07, 6.45) is 0.908. The van der Waals surface area contributed by atoms with Crippen molar-refractivity contribution in [3.63, 3.8) is 0 Å². The highest BCUT2D eigenvalue weighted by Gasteiger charge is 2.25. The third-order valence-electron chi connectivity index (χ3n) is 5.84. The molecule has 32 heavy (non-hydrogen) atoms. The minimum absolute atomic E-state index is 0.386. The Balaban J connectivity index is 1.62. The zero-order valence-corrected chi connectivity index (χ0v) is 19.2. The van der Waals surface area contributed by atoms with Gasteiger partial charge in [0.05, 0.1) is 19.6 Å². The van der Waals surface area contributed by atoms with E-state index in [1.807, 2.05) is 6.07 Å². The van der Waals surface area contributed by atoms with E-state index in [9.17, 15) is 0 Å². The highest BCUT2D eigenvalue weighted by molar-refractivity contribution is 7.17. The van der Waals surface area contributed by atoms with E-state index < -0.39 is 0 Å². The molecule has 0 N–H and O–H groups in total. The normalized spacial score (nSPS) is 13.3. The van der Waals surface area contributed by atoms with Crippen molar-refractivity contribution >= 4 is 27.4 Å². The molecular formula is C25H25N3O3S. The summed E-state index contributed by atoms with van der Waals surface area (Å²) < 4.78 is 16.4. The molecule has 6 nitrogen and oxygen atoms in total. The predicted octanol–water partition coefficient (Wildman–Crippen LogP) is 5.08. The molecule has 0 fully saturated rings. The molecule has 0 amide bonds. The first-order chi connectivity index (χ1) is 15.7. The number of ether oxygens (including phenoxy) is 3. The van der Waals surface area contributed by atoms with E-state index in [1.54, 1.807) is 32.7 Å². The minimum Gasteiger partial charge on any atom is -0.493 e. The van der Waals surface area contributed by atoms with Gasteiger partial charge in [-0.2, -0.15) is 0 Å². The summed E-state index contributed by atoms with van der Waals surface area (Å²) >= 11 is 1.65. The Morgan fingerprint density at radius 1 is 0.969 bits per heavy atom. The van der Waals surface area contributed by atoms with Crippen LogP contribution in [0.3, 0.4) is 0 Å². The average Bonchev–Trinajstić information content (AvgIpc) is 3.27. The molecule has 0 spiro atoms. The second kappa shape index (κ2) is 8.76. The maximum Gasteiger partial charge on any atom is 0.161 e. The summed E-state index contributed by atoms with van der Waals surface area (Å²) in [5.41, 5.74) is 4.86. The van der Waals surface area contributed by atoms with Gasteiger partial charge in [0.25, 0.3) is 0 Å². The zero-order chi connectivity index (χ0) is 22.1. The van der Waals surface area contributed by atoms with Gasteiger partial charge in [0.15, 0.2) is 17.3 Å². The Hall–Kier alpha value is -3.16. The molecule has 0 atom stereocenters. The zero-order valence-electron chi connectivity index (χ0n) is 18.4. The van der Waals surface area contributed by atoms with E-state index in [4.69, 9.17) is 24.2 Å². The van der Waals surface area contributed by atoms with Crippen LogP contribution in [0.25, 0.3) is 21.3 Å². The molecule has 0 saturated carbocycles. The van der Waals surface area contributed by atoms with E-state index in [0.717, 1.165) is 47.0 Å². The van der Waals surface area contributed by atoms with Gasteiger partial charge in [0.2, 0.25) is 0 Å². The van der Waals surface area contributed by atoms with Crippen LogP contribution in [0.5, 0.6) is 11.5 Å². The lowest BCUT2D eigenvalue weighted by Crippen LogP contribution is -2.31. The molecule has 0 unspecified atom stereocenters. The van der Waals surface area contributed by atoms with Crippen LogP contribution < -0.4 is 14.4 Å². The highest BCUT2D eigenvalue weighted by atomic mass is 32.1. The number of nitrogens with zero attached hydrogens (tertiary/aromatic N) is 3. The van der Waals surface area contributed by atoms with Crippen molar-refractivity contribution in [1.82, 2.24) is 9.97 Å². The molecule has 0 bridgehead atoms. The largest absolute Gasteiger partial charge is 0.493 e. The smallest absolute Gasteiger partial charge is 0.161 e. The molecule has 5 rings (SSSR count). The minimum atomic E-state index is 0.386. The van der Waals surface area contributed by atoms with Crippen molar-refractivity contribution in [2.45, 2.75) is 19.6 Å². The van der Waals surface area contributed by atoms with Crippen molar-refractivity contribution in [1.29, 1.82) is 0 Å². The second-order valence-electron chi connectivity index (χ2n) is 7.74. The summed E-state index contributed by atoms with van der Waals surface area (Å²) in [6.45, 7) is 2.00. The fourth-order valence-electron chi connectivity index (χ4n) is 4.28. The Morgan fingerprint density at radius 3 is 2.44 bits per heavy atom. The van der Waals surface area contributed by atoms with Gasteiger partial charge in [-0.3, -0.25) is 0 Å². The van der Waals surface area contributed by atoms with Gasteiger partial charge >= 0.3 is 0 Å². The van der Waals surface area contributed by atoms with Crippen LogP contribution in [0.2, 0.25) is 0 Å². The summed E-state index contributed by atoms with van der Waals surface area (Å²) in [4.78, 5) is 13.1. The quantitative estimate of drug-likeness (QED) is 0.411. The standard InChI is InChI=1S/C25H25N3O3S/c1-29-14-22-26-24(23-19(15-32-25(23)27-22)16-7-5-4-6-8-16)28-10-9-17-11-20(30-2)21(31-3)12-18(17)13-28/h4-8,11-12,15H,9-10,13-14H2,1-3H3. The van der Waals surface area contributed by atoms with Crippen LogP contribution in [-0.4, -0.2) is 37.8 Å². The number of benzene rings is 2. The van der Waals surface area contributed by atoms with Crippen LogP contribution in [-0.2, 0) is 24.3 Å². The van der Waals surface area contributed by atoms with Crippen molar-refractivity contribution in [2.24, 2.45) is 0 Å². The van der Waals surface area contributed by atoms with Gasteiger partial charge in [-0.25, -0.2) is 9.97 Å². The van der Waals surface area contributed by atoms with E-state index in [2.05, 4.69) is 46.7 Å². The van der Waals surface area contributed by atoms with Crippen molar-refractivity contribution in [2.75, 3.05) is 32.8 Å². The monoisotopic (exact) mass is 447 g/mol. The molecule has 2 aromatic carbocycles. The third kappa shape index (κ3) is 3.67. The van der Waals surface area contributed by atoms with E-state index >= 15 is 0 Å². The average molecular weight is 448 g/mol. The van der Waals surface area contributed by atoms with E-state index in [-0.39, 0.29) is 0 Å². The van der Waals surface area contributed by atoms with Crippen LogP contribution in [0.15, 0.2) is 47.8 Å². The number of rotatable bonds is 6. The first-order valence-corrected chi connectivity index (χ1v) is 11.4. The number of hydrogen-bond acceptors (Lipinski definition) is 7. The molecule has 7 heteroatoms. The van der Waals surface area contributed by atoms with Gasteiger partial charge in [-0.05, 0) is 35.2 Å². The molecule has 0 saturated heterocycles. The first-order valence-electron chi connectivity index (χ1n) is 10.5. The highest BCUT2D eigenvalue weighted by Crippen LogP contribution is 2.40. The lowest BCUT2D eigenvalue weighted by Gasteiger charge is -2.31. The fourth-order valence-corrected chi connectivity index (χ4v) is 5.24. The van der Waals surface area contributed by atoms with Gasteiger partial charge < -0.3 is 19.1 Å². The number of hydrogen-bond donors (Lipinski definition) is 0. The van der Waals surface area contributed by atoms with E-state index in [1.165, 1.54) is 22.3 Å². The topological polar surface area (TPSA) is 56.7 Å². The molecule has 0 aliphatic carbocycles. The van der Waals surface area contributed by atoms with Crippen LogP contribution >= 0.6 is 11.3 Å². The van der Waals surface area contributed by atoms with Gasteiger partial charge in [-0.15, -0.1) is 11.3 Å². The Morgan fingerprint density at radius 2 is 1.72 bits per heavy atom. The molecular weight excluding hydrogens is 422 g/mol. The fraction of sp³-hybridized carbons (Fsp3) is 0.280. The molecule has 2 aromatic heterocycles. The SMILES string of the molecule is COCc1nc(N2CCc3cc(OC)c(OC)cc3C2)c2c(-c3ccccc3)csc2n1. The molecule has 0 radical (unpaired) electrons. The second-order valence-corrected chi connectivity index (χ2v) is 8.60. The number of anilines is 1. The van der Waals surface area contributed by atoms with Crippen molar-refractivity contribution < 1.29 is 14.2 Å². The van der Waals surface area contributed by atoms with Gasteiger partial charge in [0.1, 0.15) is 17.3 Å². The summed E-state index contributed by atoms with van der Waals surface area (Å²) in [5, 5.41) is 3.28. The lowest BCUT2D eigenvalue weighted by atomic mass is 9.98. The summed E-state index contributed by atoms with van der Waals surface area (Å²) in [5.74, 6) is 3.19. The number of thiophene rings is 1. The van der Waals surface area contributed by atoms with Crippen molar-refractivity contribution in [3.05, 3.63) is 64.8 Å². The van der Waals surface area contributed by atoms with Crippen molar-refractivity contribution in [3.8, 4) is 22.6 Å². The molecule has 4 aromatic rings. The molecule has 1 aliphatic heterocycles. The lowest BCUT2D eigenvalue weighted by molar-refractivity contribution is 0.178. The molecule has 164 valence electrons. The Labute approximate surface area is 191 Å². The molecule has 3 heterocycles. The third-order valence-corrected chi connectivity index (χ3v) is 6.71. The van der Waals surface area contributed by atoms with Crippen LogP contribution in [0.1, 0.15) is 17.0 Å². The first kappa shape index (κ1) is 20.7. The number of methoxy groups -OCH3 is 3. The van der Waals surface area contributed by atoms with Gasteiger partial charge in [0, 0.05) is 31.1 Å². The predicted molar refractivity (Wildman–Crippen MR) is 128 cm³/mol. The van der Waals surface area contributed by atoms with Crippen LogP contribution in [0, 0.1) is 0 Å². The number of aromatic nitrogens is 2. The van der Waals surface area contributed by atoms with Gasteiger partial charge in [-0.1, -0.05) is 30.3 Å². The maximum absolute atomic E-state index is 5.55. The van der Waals surface area contributed by atoms with Crippen LogP contribution in [0.4, 0.5) is 5.82 Å².